The maximum atomic E-state index is 9.24. The van der Waals surface area contributed by atoms with Crippen LogP contribution in [0.1, 0.15) is 23.8 Å². The van der Waals surface area contributed by atoms with Crippen LogP contribution in [0.4, 0.5) is 0 Å². The number of pyridine rings is 1. The molecule has 122 valence electrons. The largest absolute Gasteiger partial charge is 0.483 e. The first-order valence-electron chi connectivity index (χ1n) is 7.47. The molecule has 1 atom stereocenters. The number of aromatic nitrogens is 3. The molecule has 7 heteroatoms. The minimum absolute atomic E-state index is 0.382. The van der Waals surface area contributed by atoms with Crippen LogP contribution in [0.25, 0.3) is 11.0 Å². The van der Waals surface area contributed by atoms with Crippen molar-refractivity contribution in [1.82, 2.24) is 14.8 Å². The van der Waals surface area contributed by atoms with Gasteiger partial charge in [0.15, 0.2) is 5.65 Å². The van der Waals surface area contributed by atoms with Gasteiger partial charge < -0.3 is 10.5 Å². The molecule has 24 heavy (non-hydrogen) atoms. The summed E-state index contributed by atoms with van der Waals surface area (Å²) in [5, 5.41) is 15.0. The van der Waals surface area contributed by atoms with Gasteiger partial charge in [-0.3, -0.25) is 4.68 Å². The molecule has 3 aromatic rings. The molecule has 0 saturated heterocycles. The molecular formula is C17H16ClN5O. The predicted molar refractivity (Wildman–Crippen MR) is 91.7 cm³/mol. The molecule has 2 aromatic heterocycles. The third-order valence-corrected chi connectivity index (χ3v) is 3.83. The fourth-order valence-corrected chi connectivity index (χ4v) is 2.63. The van der Waals surface area contributed by atoms with Gasteiger partial charge in [0.2, 0.25) is 0 Å². The van der Waals surface area contributed by atoms with Crippen molar-refractivity contribution in [3.63, 3.8) is 0 Å². The van der Waals surface area contributed by atoms with Gasteiger partial charge in [0, 0.05) is 36.1 Å². The van der Waals surface area contributed by atoms with Gasteiger partial charge in [0.25, 0.3) is 0 Å². The molecule has 3 rings (SSSR count). The number of benzene rings is 1. The van der Waals surface area contributed by atoms with Crippen LogP contribution in [-0.2, 0) is 7.05 Å². The van der Waals surface area contributed by atoms with Crippen LogP contribution in [0.15, 0.2) is 36.5 Å². The number of aryl methyl sites for hydroxylation is 1. The van der Waals surface area contributed by atoms with Crippen molar-refractivity contribution in [3.05, 3.63) is 52.8 Å². The Morgan fingerprint density at radius 1 is 1.38 bits per heavy atom. The number of halogens is 1. The number of hydrogen-bond acceptors (Lipinski definition) is 5. The Morgan fingerprint density at radius 3 is 2.96 bits per heavy atom. The number of rotatable bonds is 5. The van der Waals surface area contributed by atoms with E-state index in [2.05, 4.69) is 16.2 Å². The van der Waals surface area contributed by atoms with E-state index in [1.54, 1.807) is 22.9 Å². The minimum atomic E-state index is -0.382. The second kappa shape index (κ2) is 6.87. The first-order chi connectivity index (χ1) is 11.6. The van der Waals surface area contributed by atoms with Gasteiger partial charge >= 0.3 is 0 Å². The van der Waals surface area contributed by atoms with Gasteiger partial charge in [-0.15, -0.1) is 0 Å². The molecule has 0 aliphatic heterocycles. The molecule has 0 radical (unpaired) electrons. The number of ether oxygens (including phenoxy) is 1. The van der Waals surface area contributed by atoms with Crippen molar-refractivity contribution in [2.45, 2.75) is 12.5 Å². The molecule has 2 heterocycles. The van der Waals surface area contributed by atoms with Crippen LogP contribution in [0, 0.1) is 11.3 Å². The van der Waals surface area contributed by atoms with E-state index in [9.17, 15) is 5.26 Å². The topological polar surface area (TPSA) is 89.8 Å². The number of hydrogen-bond donors (Lipinski definition) is 1. The Morgan fingerprint density at radius 2 is 2.21 bits per heavy atom. The van der Waals surface area contributed by atoms with Crippen molar-refractivity contribution in [2.75, 3.05) is 6.54 Å². The highest BCUT2D eigenvalue weighted by atomic mass is 35.5. The average molecular weight is 342 g/mol. The third-order valence-electron chi connectivity index (χ3n) is 3.60. The van der Waals surface area contributed by atoms with E-state index in [4.69, 9.17) is 22.1 Å². The van der Waals surface area contributed by atoms with E-state index < -0.39 is 0 Å². The molecule has 0 spiro atoms. The van der Waals surface area contributed by atoms with Crippen molar-refractivity contribution in [1.29, 1.82) is 5.26 Å². The lowest BCUT2D eigenvalue weighted by Crippen LogP contribution is -2.15. The Balaban J connectivity index is 1.97. The number of nitrogens with two attached hydrogens (primary N) is 1. The van der Waals surface area contributed by atoms with Crippen molar-refractivity contribution in [2.24, 2.45) is 12.8 Å². The van der Waals surface area contributed by atoms with E-state index in [0.717, 1.165) is 11.1 Å². The van der Waals surface area contributed by atoms with Crippen LogP contribution in [0.3, 0.4) is 0 Å². The lowest BCUT2D eigenvalue weighted by Gasteiger charge is -2.19. The SMILES string of the molecule is Cn1cc2ccc(C(CCN)Oc3cc(Cl)ccc3C#N)nc2n1. The maximum absolute atomic E-state index is 9.24. The summed E-state index contributed by atoms with van der Waals surface area (Å²) in [6.45, 7) is 0.426. The van der Waals surface area contributed by atoms with E-state index >= 15 is 0 Å². The van der Waals surface area contributed by atoms with Gasteiger partial charge in [0.1, 0.15) is 17.9 Å². The standard InChI is InChI=1S/C17H16ClN5O/c1-23-10-12-3-5-14(21-17(12)22-23)15(6-7-19)24-16-8-13(18)4-2-11(16)9-20/h2-5,8,10,15H,6-7,19H2,1H3. The molecule has 0 aliphatic rings. The van der Waals surface area contributed by atoms with Crippen LogP contribution in [0.5, 0.6) is 5.75 Å². The lowest BCUT2D eigenvalue weighted by atomic mass is 10.1. The highest BCUT2D eigenvalue weighted by molar-refractivity contribution is 6.30. The number of nitrogens with zero attached hydrogens (tertiary/aromatic N) is 4. The zero-order chi connectivity index (χ0) is 17.1. The summed E-state index contributed by atoms with van der Waals surface area (Å²) in [4.78, 5) is 4.56. The van der Waals surface area contributed by atoms with Crippen LogP contribution < -0.4 is 10.5 Å². The number of nitriles is 1. The Labute approximate surface area is 144 Å². The second-order valence-electron chi connectivity index (χ2n) is 5.39. The molecular weight excluding hydrogens is 326 g/mol. The maximum Gasteiger partial charge on any atom is 0.181 e. The minimum Gasteiger partial charge on any atom is -0.483 e. The van der Waals surface area contributed by atoms with Gasteiger partial charge in [-0.1, -0.05) is 11.6 Å². The van der Waals surface area contributed by atoms with Crippen molar-refractivity contribution >= 4 is 22.6 Å². The zero-order valence-electron chi connectivity index (χ0n) is 13.1. The van der Waals surface area contributed by atoms with Gasteiger partial charge in [-0.05, 0) is 30.8 Å². The summed E-state index contributed by atoms with van der Waals surface area (Å²) in [5.74, 6) is 0.423. The Bertz CT molecular complexity index is 915. The summed E-state index contributed by atoms with van der Waals surface area (Å²) in [5.41, 5.74) is 7.50. The van der Waals surface area contributed by atoms with Gasteiger partial charge in [-0.2, -0.15) is 10.4 Å². The first-order valence-corrected chi connectivity index (χ1v) is 7.85. The van der Waals surface area contributed by atoms with Crippen molar-refractivity contribution < 1.29 is 4.74 Å². The summed E-state index contributed by atoms with van der Waals surface area (Å²) < 4.78 is 7.73. The normalized spacial score (nSPS) is 12.1. The van der Waals surface area contributed by atoms with Crippen LogP contribution in [0.2, 0.25) is 5.02 Å². The molecule has 0 aliphatic carbocycles. The highest BCUT2D eigenvalue weighted by Gasteiger charge is 2.18. The summed E-state index contributed by atoms with van der Waals surface area (Å²) in [6, 6.07) is 10.9. The van der Waals surface area contributed by atoms with E-state index in [-0.39, 0.29) is 6.10 Å². The smallest absolute Gasteiger partial charge is 0.181 e. The predicted octanol–water partition coefficient (Wildman–Crippen LogP) is 2.96. The summed E-state index contributed by atoms with van der Waals surface area (Å²) in [6.07, 6.45) is 2.07. The lowest BCUT2D eigenvalue weighted by molar-refractivity contribution is 0.193. The quantitative estimate of drug-likeness (QED) is 0.770. The summed E-state index contributed by atoms with van der Waals surface area (Å²) in [7, 11) is 1.85. The van der Waals surface area contributed by atoms with E-state index in [1.807, 2.05) is 25.4 Å². The van der Waals surface area contributed by atoms with Crippen LogP contribution in [-0.4, -0.2) is 21.3 Å². The van der Waals surface area contributed by atoms with Gasteiger partial charge in [-0.25, -0.2) is 4.98 Å². The molecule has 6 nitrogen and oxygen atoms in total. The second-order valence-corrected chi connectivity index (χ2v) is 5.82. The fourth-order valence-electron chi connectivity index (χ4n) is 2.47. The average Bonchev–Trinajstić information content (AvgIpc) is 2.93. The molecule has 1 aromatic carbocycles. The monoisotopic (exact) mass is 341 g/mol. The highest BCUT2D eigenvalue weighted by Crippen LogP contribution is 2.29. The molecule has 0 amide bonds. The Kier molecular flexibility index (Phi) is 4.65. The molecule has 1 unspecified atom stereocenters. The van der Waals surface area contributed by atoms with E-state index in [1.165, 1.54) is 0 Å². The third kappa shape index (κ3) is 3.32. The van der Waals surface area contributed by atoms with Crippen molar-refractivity contribution in [3.8, 4) is 11.8 Å². The Hall–Kier alpha value is -2.62. The number of fused-ring (bicyclic) bond motifs is 1. The first kappa shape index (κ1) is 16.2. The van der Waals surface area contributed by atoms with Gasteiger partial charge in [0.05, 0.1) is 11.3 Å². The summed E-state index contributed by atoms with van der Waals surface area (Å²) >= 11 is 6.02. The molecule has 0 saturated carbocycles. The molecule has 2 N–H and O–H groups in total. The van der Waals surface area contributed by atoms with Crippen LogP contribution >= 0.6 is 11.6 Å². The van der Waals surface area contributed by atoms with E-state index in [0.29, 0.717) is 34.9 Å². The zero-order valence-corrected chi connectivity index (χ0v) is 13.9. The molecule has 0 bridgehead atoms. The fraction of sp³-hybridized carbons (Fsp3) is 0.235. The molecule has 0 fully saturated rings.